The predicted octanol–water partition coefficient (Wildman–Crippen LogP) is 1.31. The highest BCUT2D eigenvalue weighted by atomic mass is 16.6. The summed E-state index contributed by atoms with van der Waals surface area (Å²) in [7, 11) is 0. The predicted molar refractivity (Wildman–Crippen MR) is 65.8 cm³/mol. The molecule has 2 heterocycles. The van der Waals surface area contributed by atoms with Crippen LogP contribution in [0.2, 0.25) is 0 Å². The standard InChI is InChI=1S/C13H13N3O3/c1-8-4-11-12(19-3-2-18-11)5-9(8)10-6-16(7-14)13(17)15-10/h4-5,10H,2-3,6H2,1H3,(H,15,17). The van der Waals surface area contributed by atoms with Crippen molar-refractivity contribution in [1.82, 2.24) is 10.2 Å². The van der Waals surface area contributed by atoms with Crippen LogP contribution in [0.5, 0.6) is 11.5 Å². The molecule has 0 aliphatic carbocycles. The van der Waals surface area contributed by atoms with E-state index in [-0.39, 0.29) is 12.1 Å². The topological polar surface area (TPSA) is 74.6 Å². The minimum absolute atomic E-state index is 0.192. The summed E-state index contributed by atoms with van der Waals surface area (Å²) in [6, 6.07) is 3.24. The van der Waals surface area contributed by atoms with Crippen LogP contribution in [0.3, 0.4) is 0 Å². The summed E-state index contributed by atoms with van der Waals surface area (Å²) in [4.78, 5) is 12.6. The summed E-state index contributed by atoms with van der Waals surface area (Å²) >= 11 is 0. The molecule has 1 atom stereocenters. The van der Waals surface area contributed by atoms with Gasteiger partial charge < -0.3 is 14.8 Å². The lowest BCUT2D eigenvalue weighted by molar-refractivity contribution is 0.171. The summed E-state index contributed by atoms with van der Waals surface area (Å²) in [5, 5.41) is 11.6. The summed E-state index contributed by atoms with van der Waals surface area (Å²) in [6.45, 7) is 3.37. The molecule has 3 rings (SSSR count). The van der Waals surface area contributed by atoms with E-state index in [0.29, 0.717) is 25.5 Å². The molecule has 6 nitrogen and oxygen atoms in total. The average Bonchev–Trinajstić information content (AvgIpc) is 2.79. The van der Waals surface area contributed by atoms with E-state index in [1.165, 1.54) is 0 Å². The first kappa shape index (κ1) is 11.7. The zero-order valence-electron chi connectivity index (χ0n) is 10.5. The highest BCUT2D eigenvalue weighted by Gasteiger charge is 2.31. The lowest BCUT2D eigenvalue weighted by atomic mass is 10.0. The SMILES string of the molecule is Cc1cc2c(cc1C1CN(C#N)C(=O)N1)OCCO2. The lowest BCUT2D eigenvalue weighted by Crippen LogP contribution is -2.24. The van der Waals surface area contributed by atoms with Gasteiger partial charge in [-0.2, -0.15) is 5.26 Å². The number of benzene rings is 1. The molecular weight excluding hydrogens is 246 g/mol. The molecule has 0 spiro atoms. The molecule has 1 N–H and O–H groups in total. The highest BCUT2D eigenvalue weighted by molar-refractivity contribution is 5.79. The molecule has 2 aliphatic rings. The number of fused-ring (bicyclic) bond motifs is 1. The number of aryl methyl sites for hydroxylation is 1. The maximum absolute atomic E-state index is 11.5. The Labute approximate surface area is 110 Å². The largest absolute Gasteiger partial charge is 0.486 e. The van der Waals surface area contributed by atoms with Gasteiger partial charge >= 0.3 is 6.03 Å². The van der Waals surface area contributed by atoms with E-state index in [1.54, 1.807) is 0 Å². The Morgan fingerprint density at radius 3 is 2.68 bits per heavy atom. The van der Waals surface area contributed by atoms with E-state index in [9.17, 15) is 4.79 Å². The second-order valence-corrected chi connectivity index (χ2v) is 4.57. The smallest absolute Gasteiger partial charge is 0.331 e. The van der Waals surface area contributed by atoms with Crippen molar-refractivity contribution in [3.05, 3.63) is 23.3 Å². The molecule has 0 aromatic heterocycles. The third-order valence-corrected chi connectivity index (χ3v) is 3.33. The Kier molecular flexibility index (Phi) is 2.67. The van der Waals surface area contributed by atoms with Crippen molar-refractivity contribution in [3.8, 4) is 17.7 Å². The molecule has 98 valence electrons. The van der Waals surface area contributed by atoms with Gasteiger partial charge in [-0.3, -0.25) is 0 Å². The summed E-state index contributed by atoms with van der Waals surface area (Å²) < 4.78 is 11.1. The molecule has 0 radical (unpaired) electrons. The molecule has 2 aliphatic heterocycles. The fraction of sp³-hybridized carbons (Fsp3) is 0.385. The third-order valence-electron chi connectivity index (χ3n) is 3.33. The number of hydrogen-bond donors (Lipinski definition) is 1. The molecule has 19 heavy (non-hydrogen) atoms. The third kappa shape index (κ3) is 1.93. The number of ether oxygens (including phenoxy) is 2. The fourth-order valence-corrected chi connectivity index (χ4v) is 2.38. The van der Waals surface area contributed by atoms with Crippen LogP contribution in [0.1, 0.15) is 17.2 Å². The van der Waals surface area contributed by atoms with Crippen molar-refractivity contribution in [2.45, 2.75) is 13.0 Å². The van der Waals surface area contributed by atoms with Crippen LogP contribution in [-0.2, 0) is 0 Å². The van der Waals surface area contributed by atoms with Crippen molar-refractivity contribution < 1.29 is 14.3 Å². The van der Waals surface area contributed by atoms with Gasteiger partial charge in [0.2, 0.25) is 0 Å². The second kappa shape index (κ2) is 4.35. The lowest BCUT2D eigenvalue weighted by Gasteiger charge is -2.22. The van der Waals surface area contributed by atoms with E-state index in [0.717, 1.165) is 21.8 Å². The van der Waals surface area contributed by atoms with Crippen LogP contribution in [0, 0.1) is 18.4 Å². The molecule has 6 heteroatoms. The molecule has 2 amide bonds. The molecule has 0 saturated carbocycles. The van der Waals surface area contributed by atoms with E-state index in [2.05, 4.69) is 5.32 Å². The van der Waals surface area contributed by atoms with Crippen molar-refractivity contribution in [2.75, 3.05) is 19.8 Å². The van der Waals surface area contributed by atoms with Gasteiger partial charge in [0.1, 0.15) is 13.2 Å². The second-order valence-electron chi connectivity index (χ2n) is 4.57. The number of carbonyl (C=O) groups excluding carboxylic acids is 1. The van der Waals surface area contributed by atoms with Gasteiger partial charge in [0.15, 0.2) is 17.7 Å². The summed E-state index contributed by atoms with van der Waals surface area (Å²) in [6.07, 6.45) is 1.86. The van der Waals surface area contributed by atoms with Gasteiger partial charge in [-0.05, 0) is 30.2 Å². The first-order chi connectivity index (χ1) is 9.19. The van der Waals surface area contributed by atoms with E-state index in [4.69, 9.17) is 14.7 Å². The maximum atomic E-state index is 11.5. The van der Waals surface area contributed by atoms with Gasteiger partial charge in [-0.25, -0.2) is 9.69 Å². The van der Waals surface area contributed by atoms with Gasteiger partial charge in [0.05, 0.1) is 12.6 Å². The van der Waals surface area contributed by atoms with E-state index >= 15 is 0 Å². The molecule has 1 aromatic carbocycles. The normalized spacial score (nSPS) is 20.9. The van der Waals surface area contributed by atoms with Crippen LogP contribution in [-0.4, -0.2) is 30.7 Å². The fourth-order valence-electron chi connectivity index (χ4n) is 2.38. The van der Waals surface area contributed by atoms with Gasteiger partial charge in [-0.15, -0.1) is 0 Å². The van der Waals surface area contributed by atoms with Crippen LogP contribution in [0.15, 0.2) is 12.1 Å². The van der Waals surface area contributed by atoms with E-state index < -0.39 is 0 Å². The minimum atomic E-state index is -0.359. The molecule has 1 aromatic rings. The zero-order valence-corrected chi connectivity index (χ0v) is 10.5. The number of amides is 2. The minimum Gasteiger partial charge on any atom is -0.486 e. The van der Waals surface area contributed by atoms with Gasteiger partial charge in [0, 0.05) is 0 Å². The van der Waals surface area contributed by atoms with Crippen molar-refractivity contribution in [2.24, 2.45) is 0 Å². The number of hydrogen-bond acceptors (Lipinski definition) is 4. The Hall–Kier alpha value is -2.42. The quantitative estimate of drug-likeness (QED) is 0.772. The monoisotopic (exact) mass is 259 g/mol. The number of nitriles is 1. The van der Waals surface area contributed by atoms with Crippen LogP contribution < -0.4 is 14.8 Å². The molecule has 1 saturated heterocycles. The Morgan fingerprint density at radius 1 is 1.37 bits per heavy atom. The number of urea groups is 1. The first-order valence-electron chi connectivity index (χ1n) is 6.07. The average molecular weight is 259 g/mol. The Balaban J connectivity index is 1.94. The number of rotatable bonds is 1. The first-order valence-corrected chi connectivity index (χ1v) is 6.07. The molecule has 1 unspecified atom stereocenters. The summed E-state index contributed by atoms with van der Waals surface area (Å²) in [5.74, 6) is 1.42. The molecule has 0 bridgehead atoms. The number of nitrogens with one attached hydrogen (secondary N) is 1. The van der Waals surface area contributed by atoms with Gasteiger partial charge in [-0.1, -0.05) is 0 Å². The van der Waals surface area contributed by atoms with Gasteiger partial charge in [0.25, 0.3) is 0 Å². The number of nitrogens with zero attached hydrogens (tertiary/aromatic N) is 2. The van der Waals surface area contributed by atoms with E-state index in [1.807, 2.05) is 25.2 Å². The Bertz CT molecular complexity index is 579. The highest BCUT2D eigenvalue weighted by Crippen LogP contribution is 2.36. The van der Waals surface area contributed by atoms with Crippen LogP contribution in [0.25, 0.3) is 0 Å². The van der Waals surface area contributed by atoms with Crippen molar-refractivity contribution in [1.29, 1.82) is 5.26 Å². The van der Waals surface area contributed by atoms with Crippen LogP contribution in [0.4, 0.5) is 4.79 Å². The maximum Gasteiger partial charge on any atom is 0.331 e. The van der Waals surface area contributed by atoms with Crippen LogP contribution >= 0.6 is 0 Å². The zero-order chi connectivity index (χ0) is 13.4. The Morgan fingerprint density at radius 2 is 2.05 bits per heavy atom. The number of carbonyl (C=O) groups is 1. The summed E-state index contributed by atoms with van der Waals surface area (Å²) in [5.41, 5.74) is 1.96. The molecular formula is C13H13N3O3. The van der Waals surface area contributed by atoms with Crippen molar-refractivity contribution >= 4 is 6.03 Å². The van der Waals surface area contributed by atoms with Crippen molar-refractivity contribution in [3.63, 3.8) is 0 Å². The molecule has 1 fully saturated rings.